The highest BCUT2D eigenvalue weighted by Crippen LogP contribution is 2.55. The van der Waals surface area contributed by atoms with E-state index in [2.05, 4.69) is 64.2 Å². The predicted octanol–water partition coefficient (Wildman–Crippen LogP) is 4.10. The molecule has 1 aromatic heterocycles. The smallest absolute Gasteiger partial charge is 0.271 e. The number of nitrogens with one attached hydrogen (secondary N) is 2. The van der Waals surface area contributed by atoms with Gasteiger partial charge in [-0.3, -0.25) is 39.1 Å². The molecule has 8 rings (SSSR count). The lowest BCUT2D eigenvalue weighted by atomic mass is 9.49. The quantitative estimate of drug-likeness (QED) is 0.207. The number of hydrogen-bond donors (Lipinski definition) is 3. The van der Waals surface area contributed by atoms with Crippen LogP contribution in [0.25, 0.3) is 0 Å². The molecular weight excluding hydrogens is 805 g/mol. The summed E-state index contributed by atoms with van der Waals surface area (Å²) in [5.41, 5.74) is 2.29. The summed E-state index contributed by atoms with van der Waals surface area (Å²) >= 11 is 0. The van der Waals surface area contributed by atoms with E-state index < -0.39 is 29.7 Å². The summed E-state index contributed by atoms with van der Waals surface area (Å²) in [6, 6.07) is 9.87. The number of nitriles is 1. The number of nitrogens with zero attached hydrogens (tertiary/aromatic N) is 6. The second-order valence-electron chi connectivity index (χ2n) is 19.0. The number of aromatic nitrogens is 2. The van der Waals surface area contributed by atoms with E-state index in [-0.39, 0.29) is 77.3 Å². The third-order valence-electron chi connectivity index (χ3n) is 14.0. The molecule has 5 amide bonds. The number of piperidine rings is 2. The van der Waals surface area contributed by atoms with Crippen molar-refractivity contribution in [3.63, 3.8) is 0 Å². The molecule has 1 atom stereocenters. The molecule has 332 valence electrons. The topological polar surface area (TPSA) is 207 Å². The summed E-state index contributed by atoms with van der Waals surface area (Å²) < 4.78 is 12.8. The van der Waals surface area contributed by atoms with E-state index >= 15 is 0 Å². The van der Waals surface area contributed by atoms with E-state index in [0.29, 0.717) is 29.5 Å². The maximum Gasteiger partial charge on any atom is 0.271 e. The highest BCUT2D eigenvalue weighted by atomic mass is 16.5. The molecular formula is C47H56N8O8. The van der Waals surface area contributed by atoms with Crippen LogP contribution >= 0.6 is 0 Å². The Bertz CT molecular complexity index is 2320. The highest BCUT2D eigenvalue weighted by Gasteiger charge is 2.64. The van der Waals surface area contributed by atoms with Gasteiger partial charge in [-0.05, 0) is 80.5 Å². The summed E-state index contributed by atoms with van der Waals surface area (Å²) in [6.07, 6.45) is 6.47. The van der Waals surface area contributed by atoms with Crippen LogP contribution in [0.4, 0.5) is 5.82 Å². The zero-order valence-corrected chi connectivity index (χ0v) is 36.8. The largest absolute Gasteiger partial charge is 0.490 e. The molecule has 2 saturated carbocycles. The van der Waals surface area contributed by atoms with Crippen LogP contribution in [-0.2, 0) is 9.59 Å². The molecule has 0 radical (unpaired) electrons. The van der Waals surface area contributed by atoms with Gasteiger partial charge in [0.15, 0.2) is 0 Å². The van der Waals surface area contributed by atoms with E-state index in [4.69, 9.17) is 9.47 Å². The summed E-state index contributed by atoms with van der Waals surface area (Å²) in [5.74, 6) is -0.146. The molecule has 5 aliphatic rings. The number of anilines is 1. The van der Waals surface area contributed by atoms with Crippen LogP contribution in [0, 0.1) is 41.9 Å². The van der Waals surface area contributed by atoms with Gasteiger partial charge in [-0.1, -0.05) is 27.7 Å². The predicted molar refractivity (Wildman–Crippen MR) is 230 cm³/mol. The third-order valence-corrected chi connectivity index (χ3v) is 14.0. The van der Waals surface area contributed by atoms with Crippen molar-refractivity contribution in [3.8, 4) is 17.6 Å². The monoisotopic (exact) mass is 860 g/mol. The molecule has 4 heterocycles. The minimum Gasteiger partial charge on any atom is -0.490 e. The van der Waals surface area contributed by atoms with Crippen LogP contribution in [-0.4, -0.2) is 118 Å². The van der Waals surface area contributed by atoms with Crippen molar-refractivity contribution in [2.24, 2.45) is 16.7 Å². The van der Waals surface area contributed by atoms with Crippen LogP contribution in [0.15, 0.2) is 42.7 Å². The van der Waals surface area contributed by atoms with E-state index in [0.717, 1.165) is 67.2 Å². The normalized spacial score (nSPS) is 25.2. The lowest BCUT2D eigenvalue weighted by Crippen LogP contribution is -2.74. The zero-order valence-electron chi connectivity index (χ0n) is 36.8. The third kappa shape index (κ3) is 8.24. The first kappa shape index (κ1) is 43.7. The molecule has 3 N–H and O–H groups in total. The van der Waals surface area contributed by atoms with E-state index in [1.165, 1.54) is 0 Å². The number of carbonyl (C=O) groups excluding carboxylic acids is 5. The fourth-order valence-electron chi connectivity index (χ4n) is 10.8. The van der Waals surface area contributed by atoms with Crippen LogP contribution in [0.3, 0.4) is 0 Å². The molecule has 2 aromatic carbocycles. The average molecular weight is 861 g/mol. The number of ether oxygens (including phenoxy) is 2. The Morgan fingerprint density at radius 2 is 1.62 bits per heavy atom. The number of imide groups is 2. The van der Waals surface area contributed by atoms with Gasteiger partial charge >= 0.3 is 0 Å². The van der Waals surface area contributed by atoms with Gasteiger partial charge in [0.05, 0.1) is 41.8 Å². The van der Waals surface area contributed by atoms with Crippen LogP contribution in [0.5, 0.6) is 11.5 Å². The Morgan fingerprint density at radius 3 is 2.24 bits per heavy atom. The van der Waals surface area contributed by atoms with Crippen molar-refractivity contribution in [1.82, 2.24) is 30.4 Å². The van der Waals surface area contributed by atoms with Gasteiger partial charge in [0.25, 0.3) is 17.7 Å². The van der Waals surface area contributed by atoms with Crippen molar-refractivity contribution >= 4 is 35.4 Å². The van der Waals surface area contributed by atoms with Crippen molar-refractivity contribution in [2.75, 3.05) is 37.7 Å². The summed E-state index contributed by atoms with van der Waals surface area (Å²) in [5, 5.41) is 24.8. The van der Waals surface area contributed by atoms with Gasteiger partial charge in [0.2, 0.25) is 11.8 Å². The molecule has 0 spiro atoms. The van der Waals surface area contributed by atoms with E-state index in [1.807, 2.05) is 26.0 Å². The first-order valence-electron chi connectivity index (χ1n) is 21.9. The standard InChI is InChI=1S/C47H56N8O8/c1-26-17-31(18-27(2)35(26)22-48)63-45-46(3,4)44(47(45,5)6)52-40(58)36-23-50-38(24-49-36)53-13-11-28(12-14-53)25-54(15-16-56)29-19-32(20-29)62-30-7-8-33-34(21-30)43(61)55(42(33)60)37-9-10-39(57)51-41(37)59/h7-8,17-18,21,23-24,28-29,32,37,44-45,56H,9-16,19-20,25H2,1-6H3,(H,52,58)(H,51,57,59). The summed E-state index contributed by atoms with van der Waals surface area (Å²) in [7, 11) is 0. The molecule has 63 heavy (non-hydrogen) atoms. The van der Waals surface area contributed by atoms with Crippen LogP contribution < -0.4 is 25.0 Å². The SMILES string of the molecule is Cc1cc(OC2C(C)(C)C(NC(=O)c3cnc(N4CCC(CN(CCO)C5CC(Oc6ccc7c(c6)C(=O)N(C6CCC(=O)NC6=O)C7=O)C5)CC4)cn3)C2(C)C)cc(C)c1C#N. The Kier molecular flexibility index (Phi) is 11.8. The molecule has 3 aromatic rings. The van der Waals surface area contributed by atoms with Gasteiger partial charge < -0.3 is 24.8 Å². The number of aliphatic hydroxyl groups is 1. The number of aliphatic hydroxyl groups excluding tert-OH is 1. The van der Waals surface area contributed by atoms with Crippen molar-refractivity contribution in [2.45, 2.75) is 110 Å². The number of aryl methyl sites for hydroxylation is 2. The van der Waals surface area contributed by atoms with Crippen molar-refractivity contribution in [3.05, 3.63) is 76.2 Å². The maximum absolute atomic E-state index is 13.5. The molecule has 16 heteroatoms. The molecule has 16 nitrogen and oxygen atoms in total. The fraction of sp³-hybridized carbons (Fsp3) is 0.532. The van der Waals surface area contributed by atoms with E-state index in [9.17, 15) is 34.3 Å². The Labute approximate surface area is 367 Å². The second kappa shape index (κ2) is 17.0. The van der Waals surface area contributed by atoms with Gasteiger partial charge in [-0.2, -0.15) is 5.26 Å². The highest BCUT2D eigenvalue weighted by molar-refractivity contribution is 6.23. The lowest BCUT2D eigenvalue weighted by molar-refractivity contribution is -0.164. The Morgan fingerprint density at radius 1 is 0.937 bits per heavy atom. The van der Waals surface area contributed by atoms with Crippen molar-refractivity contribution < 1.29 is 38.6 Å². The number of hydrogen-bond acceptors (Lipinski definition) is 13. The minimum absolute atomic E-state index is 0.0448. The molecule has 4 fully saturated rings. The Balaban J connectivity index is 0.795. The summed E-state index contributed by atoms with van der Waals surface area (Å²) in [6.45, 7) is 15.2. The summed E-state index contributed by atoms with van der Waals surface area (Å²) in [4.78, 5) is 78.6. The van der Waals surface area contributed by atoms with E-state index in [1.54, 1.807) is 30.6 Å². The zero-order chi connectivity index (χ0) is 45.0. The number of amides is 5. The Hall–Kier alpha value is -5.92. The lowest BCUT2D eigenvalue weighted by Gasteiger charge is -2.63. The molecule has 0 bridgehead atoms. The maximum atomic E-state index is 13.5. The minimum atomic E-state index is -1.02. The number of carbonyl (C=O) groups is 5. The van der Waals surface area contributed by atoms with Gasteiger partial charge in [0.1, 0.15) is 41.3 Å². The molecule has 2 aliphatic carbocycles. The van der Waals surface area contributed by atoms with Crippen molar-refractivity contribution in [1.29, 1.82) is 5.26 Å². The fourth-order valence-corrected chi connectivity index (χ4v) is 10.8. The first-order chi connectivity index (χ1) is 30.0. The molecule has 3 aliphatic heterocycles. The molecule has 1 unspecified atom stereocenters. The van der Waals surface area contributed by atoms with Gasteiger partial charge in [0, 0.05) is 68.4 Å². The second-order valence-corrected chi connectivity index (χ2v) is 19.0. The van der Waals surface area contributed by atoms with Crippen LogP contribution in [0.2, 0.25) is 0 Å². The number of fused-ring (bicyclic) bond motifs is 1. The molecule has 2 saturated heterocycles. The van der Waals surface area contributed by atoms with Gasteiger partial charge in [-0.25, -0.2) is 9.97 Å². The number of rotatable bonds is 13. The van der Waals surface area contributed by atoms with Gasteiger partial charge in [-0.15, -0.1) is 0 Å². The first-order valence-corrected chi connectivity index (χ1v) is 21.9. The van der Waals surface area contributed by atoms with Crippen LogP contribution in [0.1, 0.15) is 114 Å². The number of benzene rings is 2. The average Bonchev–Trinajstić information content (AvgIpc) is 3.47.